The van der Waals surface area contributed by atoms with Crippen LogP contribution in [0.3, 0.4) is 0 Å². The van der Waals surface area contributed by atoms with Gasteiger partial charge in [0.2, 0.25) is 0 Å². The number of allylic oxidation sites excluding steroid dienone is 1. The Morgan fingerprint density at radius 1 is 1.50 bits per heavy atom. The number of hydrogen-bond acceptors (Lipinski definition) is 0. The quantitative estimate of drug-likeness (QED) is 0.653. The number of aromatic amines is 1. The first-order chi connectivity index (χ1) is 5.84. The van der Waals surface area contributed by atoms with E-state index in [-0.39, 0.29) is 0 Å². The van der Waals surface area contributed by atoms with E-state index in [1.54, 1.807) is 0 Å². The fourth-order valence-corrected chi connectivity index (χ4v) is 1.16. The zero-order valence-electron chi connectivity index (χ0n) is 7.93. The SMILES string of the molecule is CCCCC=Cc1[nH]ccc1C. The second-order valence-electron chi connectivity index (χ2n) is 3.12. The van der Waals surface area contributed by atoms with E-state index in [0.29, 0.717) is 0 Å². The molecular formula is C11H17N. The lowest BCUT2D eigenvalue weighted by molar-refractivity contribution is 0.816. The number of hydrogen-bond donors (Lipinski definition) is 1. The van der Waals surface area contributed by atoms with Crippen LogP contribution in [0.2, 0.25) is 0 Å². The number of unbranched alkanes of at least 4 members (excludes halogenated alkanes) is 2. The van der Waals surface area contributed by atoms with Crippen LogP contribution >= 0.6 is 0 Å². The molecule has 1 nitrogen and oxygen atoms in total. The Balaban J connectivity index is 2.41. The van der Waals surface area contributed by atoms with Crippen LogP contribution in [-0.2, 0) is 0 Å². The van der Waals surface area contributed by atoms with Crippen LogP contribution in [0.4, 0.5) is 0 Å². The molecule has 0 aliphatic rings. The van der Waals surface area contributed by atoms with Crippen LogP contribution < -0.4 is 0 Å². The Morgan fingerprint density at radius 3 is 2.92 bits per heavy atom. The normalized spacial score (nSPS) is 11.2. The maximum atomic E-state index is 3.20. The van der Waals surface area contributed by atoms with Gasteiger partial charge in [-0.2, -0.15) is 0 Å². The minimum Gasteiger partial charge on any atom is -0.361 e. The molecule has 1 heteroatoms. The van der Waals surface area contributed by atoms with Crippen molar-refractivity contribution < 1.29 is 0 Å². The van der Waals surface area contributed by atoms with Gasteiger partial charge in [-0.15, -0.1) is 0 Å². The summed E-state index contributed by atoms with van der Waals surface area (Å²) in [6.07, 6.45) is 10.1. The molecule has 0 bridgehead atoms. The Bertz CT molecular complexity index is 245. The molecule has 0 aliphatic heterocycles. The van der Waals surface area contributed by atoms with Gasteiger partial charge in [0.15, 0.2) is 0 Å². The van der Waals surface area contributed by atoms with Crippen LogP contribution in [0.5, 0.6) is 0 Å². The summed E-state index contributed by atoms with van der Waals surface area (Å²) in [4.78, 5) is 3.20. The summed E-state index contributed by atoms with van der Waals surface area (Å²) >= 11 is 0. The third kappa shape index (κ3) is 2.57. The lowest BCUT2D eigenvalue weighted by Crippen LogP contribution is -1.74. The third-order valence-corrected chi connectivity index (χ3v) is 2.01. The summed E-state index contributed by atoms with van der Waals surface area (Å²) in [7, 11) is 0. The topological polar surface area (TPSA) is 15.8 Å². The highest BCUT2D eigenvalue weighted by molar-refractivity contribution is 5.48. The number of aromatic nitrogens is 1. The molecule has 0 unspecified atom stereocenters. The molecule has 0 fully saturated rings. The van der Waals surface area contributed by atoms with E-state index in [4.69, 9.17) is 0 Å². The van der Waals surface area contributed by atoms with Gasteiger partial charge in [0.25, 0.3) is 0 Å². The summed E-state index contributed by atoms with van der Waals surface area (Å²) in [5.41, 5.74) is 2.56. The third-order valence-electron chi connectivity index (χ3n) is 2.01. The van der Waals surface area contributed by atoms with Crippen molar-refractivity contribution in [3.63, 3.8) is 0 Å². The van der Waals surface area contributed by atoms with Gasteiger partial charge in [-0.25, -0.2) is 0 Å². The van der Waals surface area contributed by atoms with Crippen molar-refractivity contribution >= 4 is 6.08 Å². The molecule has 0 atom stereocenters. The van der Waals surface area contributed by atoms with Crippen LogP contribution in [0.15, 0.2) is 18.3 Å². The van der Waals surface area contributed by atoms with Crippen molar-refractivity contribution in [2.24, 2.45) is 0 Å². The predicted octanol–water partition coefficient (Wildman–Crippen LogP) is 3.53. The molecule has 1 rings (SSSR count). The first kappa shape index (κ1) is 9.11. The van der Waals surface area contributed by atoms with Gasteiger partial charge in [0, 0.05) is 11.9 Å². The Hall–Kier alpha value is -0.980. The predicted molar refractivity (Wildman–Crippen MR) is 54.1 cm³/mol. The van der Waals surface area contributed by atoms with E-state index >= 15 is 0 Å². The molecule has 1 aromatic heterocycles. The van der Waals surface area contributed by atoms with E-state index in [9.17, 15) is 0 Å². The van der Waals surface area contributed by atoms with Crippen LogP contribution in [-0.4, -0.2) is 4.98 Å². The highest BCUT2D eigenvalue weighted by Gasteiger charge is 1.91. The minimum atomic E-state index is 1.19. The van der Waals surface area contributed by atoms with Gasteiger partial charge >= 0.3 is 0 Å². The molecule has 0 saturated heterocycles. The van der Waals surface area contributed by atoms with Crippen molar-refractivity contribution in [1.29, 1.82) is 0 Å². The van der Waals surface area contributed by atoms with E-state index in [0.717, 1.165) is 0 Å². The first-order valence-corrected chi connectivity index (χ1v) is 4.65. The van der Waals surface area contributed by atoms with E-state index in [1.165, 1.54) is 30.5 Å². The average molecular weight is 163 g/mol. The second kappa shape index (κ2) is 4.81. The van der Waals surface area contributed by atoms with Gasteiger partial charge in [-0.05, 0) is 31.1 Å². The van der Waals surface area contributed by atoms with Gasteiger partial charge in [0.05, 0.1) is 0 Å². The van der Waals surface area contributed by atoms with Crippen molar-refractivity contribution in [1.82, 2.24) is 4.98 Å². The molecule has 0 amide bonds. The van der Waals surface area contributed by atoms with Crippen LogP contribution in [0.1, 0.15) is 37.4 Å². The molecule has 0 radical (unpaired) electrons. The summed E-state index contributed by atoms with van der Waals surface area (Å²) in [6.45, 7) is 4.34. The fourth-order valence-electron chi connectivity index (χ4n) is 1.16. The molecule has 66 valence electrons. The lowest BCUT2D eigenvalue weighted by atomic mass is 10.2. The molecule has 12 heavy (non-hydrogen) atoms. The standard InChI is InChI=1S/C11H17N/c1-3-4-5-6-7-11-10(2)8-9-12-11/h6-9,12H,3-5H2,1-2H3. The first-order valence-electron chi connectivity index (χ1n) is 4.65. The smallest absolute Gasteiger partial charge is 0.0406 e. The Morgan fingerprint density at radius 2 is 2.33 bits per heavy atom. The average Bonchev–Trinajstić information content (AvgIpc) is 2.46. The molecule has 0 aromatic carbocycles. The number of aryl methyl sites for hydroxylation is 1. The summed E-state index contributed by atoms with van der Waals surface area (Å²) in [6, 6.07) is 2.10. The molecule has 0 spiro atoms. The summed E-state index contributed by atoms with van der Waals surface area (Å²) in [5.74, 6) is 0. The lowest BCUT2D eigenvalue weighted by Gasteiger charge is -1.90. The van der Waals surface area contributed by atoms with E-state index < -0.39 is 0 Å². The van der Waals surface area contributed by atoms with Crippen LogP contribution in [0.25, 0.3) is 6.08 Å². The summed E-state index contributed by atoms with van der Waals surface area (Å²) < 4.78 is 0. The van der Waals surface area contributed by atoms with Gasteiger partial charge < -0.3 is 4.98 Å². The largest absolute Gasteiger partial charge is 0.361 e. The van der Waals surface area contributed by atoms with Gasteiger partial charge in [-0.3, -0.25) is 0 Å². The van der Waals surface area contributed by atoms with Crippen molar-refractivity contribution in [2.45, 2.75) is 33.1 Å². The molecule has 0 saturated carbocycles. The number of rotatable bonds is 4. The maximum Gasteiger partial charge on any atom is 0.0406 e. The molecular weight excluding hydrogens is 146 g/mol. The molecule has 1 N–H and O–H groups in total. The van der Waals surface area contributed by atoms with Gasteiger partial charge in [0.1, 0.15) is 0 Å². The zero-order valence-corrected chi connectivity index (χ0v) is 7.93. The zero-order chi connectivity index (χ0) is 8.81. The Kier molecular flexibility index (Phi) is 3.65. The maximum absolute atomic E-state index is 3.20. The van der Waals surface area contributed by atoms with Crippen molar-refractivity contribution in [3.8, 4) is 0 Å². The fraction of sp³-hybridized carbons (Fsp3) is 0.455. The highest BCUT2D eigenvalue weighted by atomic mass is 14.7. The van der Waals surface area contributed by atoms with Crippen molar-refractivity contribution in [3.05, 3.63) is 29.6 Å². The molecule has 0 aliphatic carbocycles. The number of nitrogens with one attached hydrogen (secondary N) is 1. The Labute approximate surface area is 74.5 Å². The molecule has 1 aromatic rings. The van der Waals surface area contributed by atoms with E-state index in [1.807, 2.05) is 6.20 Å². The summed E-state index contributed by atoms with van der Waals surface area (Å²) in [5, 5.41) is 0. The highest BCUT2D eigenvalue weighted by Crippen LogP contribution is 2.07. The van der Waals surface area contributed by atoms with Crippen LogP contribution in [0, 0.1) is 6.92 Å². The number of H-pyrrole nitrogens is 1. The van der Waals surface area contributed by atoms with E-state index in [2.05, 4.69) is 37.0 Å². The second-order valence-corrected chi connectivity index (χ2v) is 3.12. The van der Waals surface area contributed by atoms with Gasteiger partial charge in [-0.1, -0.05) is 25.8 Å². The molecule has 1 heterocycles. The minimum absolute atomic E-state index is 1.19. The van der Waals surface area contributed by atoms with Crippen molar-refractivity contribution in [2.75, 3.05) is 0 Å². The monoisotopic (exact) mass is 163 g/mol.